The lowest BCUT2D eigenvalue weighted by Gasteiger charge is -2.30. The minimum Gasteiger partial charge on any atom is -0.329 e. The molecule has 110 valence electrons. The van der Waals surface area contributed by atoms with Gasteiger partial charge in [0.25, 0.3) is 0 Å². The van der Waals surface area contributed by atoms with Crippen molar-refractivity contribution in [3.8, 4) is 0 Å². The van der Waals surface area contributed by atoms with E-state index in [0.29, 0.717) is 5.92 Å². The van der Waals surface area contributed by atoms with Crippen molar-refractivity contribution in [1.29, 1.82) is 0 Å². The molecule has 3 aliphatic heterocycles. The quantitative estimate of drug-likeness (QED) is 0.763. The van der Waals surface area contributed by atoms with Crippen LogP contribution in [0.4, 0.5) is 0 Å². The maximum absolute atomic E-state index is 4.79. The predicted molar refractivity (Wildman–Crippen MR) is 92.6 cm³/mol. The molecular weight excluding hydrogens is 278 g/mol. The van der Waals surface area contributed by atoms with Crippen LogP contribution in [0.15, 0.2) is 56.5 Å². The van der Waals surface area contributed by atoms with Crippen molar-refractivity contribution in [3.63, 3.8) is 0 Å². The van der Waals surface area contributed by atoms with Crippen LogP contribution in [-0.2, 0) is 0 Å². The molecule has 3 nitrogen and oxygen atoms in total. The summed E-state index contributed by atoms with van der Waals surface area (Å²) in [5.41, 5.74) is 3.83. The molecule has 21 heavy (non-hydrogen) atoms. The van der Waals surface area contributed by atoms with Crippen molar-refractivity contribution in [2.45, 2.75) is 26.7 Å². The monoisotopic (exact) mass is 299 g/mol. The van der Waals surface area contributed by atoms with Gasteiger partial charge in [0, 0.05) is 28.9 Å². The third-order valence-electron chi connectivity index (χ3n) is 4.17. The lowest BCUT2D eigenvalue weighted by atomic mass is 9.99. The Morgan fingerprint density at radius 3 is 3.00 bits per heavy atom. The van der Waals surface area contributed by atoms with Crippen LogP contribution in [0.1, 0.15) is 26.7 Å². The second-order valence-corrected chi connectivity index (χ2v) is 6.50. The van der Waals surface area contributed by atoms with Gasteiger partial charge in [-0.05, 0) is 30.7 Å². The van der Waals surface area contributed by atoms with E-state index in [-0.39, 0.29) is 0 Å². The number of aliphatic imine (C=N–C) groups is 2. The zero-order valence-electron chi connectivity index (χ0n) is 12.7. The lowest BCUT2D eigenvalue weighted by Crippen LogP contribution is -2.33. The van der Waals surface area contributed by atoms with Crippen LogP contribution >= 0.6 is 11.8 Å². The summed E-state index contributed by atoms with van der Waals surface area (Å²) in [5.74, 6) is 1.76. The first-order chi connectivity index (χ1) is 10.2. The molecule has 0 N–H and O–H groups in total. The van der Waals surface area contributed by atoms with Gasteiger partial charge in [0.2, 0.25) is 0 Å². The maximum Gasteiger partial charge on any atom is 0.141 e. The first kappa shape index (κ1) is 14.4. The molecule has 0 amide bonds. The number of rotatable bonds is 5. The summed E-state index contributed by atoms with van der Waals surface area (Å²) in [5, 5.41) is 2.07. The summed E-state index contributed by atoms with van der Waals surface area (Å²) >= 11 is 1.66. The van der Waals surface area contributed by atoms with Gasteiger partial charge in [-0.15, -0.1) is 0 Å². The normalized spacial score (nSPS) is 24.1. The van der Waals surface area contributed by atoms with Crippen molar-refractivity contribution in [3.05, 3.63) is 46.5 Å². The van der Waals surface area contributed by atoms with E-state index >= 15 is 0 Å². The van der Waals surface area contributed by atoms with Crippen molar-refractivity contribution in [2.24, 2.45) is 15.9 Å². The molecule has 0 spiro atoms. The molecule has 0 radical (unpaired) electrons. The van der Waals surface area contributed by atoms with Gasteiger partial charge in [0.1, 0.15) is 5.84 Å². The third kappa shape index (κ3) is 2.64. The smallest absolute Gasteiger partial charge is 0.141 e. The summed E-state index contributed by atoms with van der Waals surface area (Å²) in [6.45, 7) is 10.3. The molecule has 0 aliphatic carbocycles. The summed E-state index contributed by atoms with van der Waals surface area (Å²) in [7, 11) is 0. The van der Waals surface area contributed by atoms with Gasteiger partial charge >= 0.3 is 0 Å². The molecule has 0 aromatic carbocycles. The molecule has 4 heteroatoms. The Kier molecular flexibility index (Phi) is 4.15. The Hall–Kier alpha value is -1.55. The zero-order chi connectivity index (χ0) is 14.8. The first-order valence-corrected chi connectivity index (χ1v) is 8.38. The fraction of sp³-hybridized carbons (Fsp3) is 0.412. The second-order valence-electron chi connectivity index (χ2n) is 5.49. The van der Waals surface area contributed by atoms with Crippen LogP contribution in [0, 0.1) is 5.92 Å². The Morgan fingerprint density at radius 2 is 2.38 bits per heavy atom. The zero-order valence-corrected chi connectivity index (χ0v) is 13.5. The highest BCUT2D eigenvalue weighted by Gasteiger charge is 2.35. The number of amidine groups is 1. The molecule has 3 aliphatic rings. The summed E-state index contributed by atoms with van der Waals surface area (Å²) in [4.78, 5) is 12.6. The second kappa shape index (κ2) is 6.06. The predicted octanol–water partition coefficient (Wildman–Crippen LogP) is 4.13. The van der Waals surface area contributed by atoms with E-state index in [1.54, 1.807) is 11.8 Å². The first-order valence-electron chi connectivity index (χ1n) is 7.50. The van der Waals surface area contributed by atoms with E-state index in [1.165, 1.54) is 17.7 Å². The largest absolute Gasteiger partial charge is 0.329 e. The standard InChI is InChI=1S/C17H21N3S/c1-4-8-21-12(3)17-19-10-14(15-6-7-18-15)16-9-13(5-2)11-20(16)17/h4,6-8,13H,3,5,9-11H2,1-2H3/b8-4-. The summed E-state index contributed by atoms with van der Waals surface area (Å²) in [6, 6.07) is 0. The number of hydrogen-bond donors (Lipinski definition) is 0. The van der Waals surface area contributed by atoms with Gasteiger partial charge in [-0.3, -0.25) is 9.98 Å². The Bertz CT molecular complexity index is 608. The van der Waals surface area contributed by atoms with Crippen molar-refractivity contribution in [2.75, 3.05) is 13.1 Å². The van der Waals surface area contributed by atoms with Crippen LogP contribution < -0.4 is 0 Å². The molecule has 1 atom stereocenters. The molecule has 0 aromatic heterocycles. The van der Waals surface area contributed by atoms with Crippen LogP contribution in [0.3, 0.4) is 0 Å². The SMILES string of the molecule is C=C(S/C=C\C)C1=NCC(C2=NC=C2)=C2CC(CC)CN12. The molecule has 0 saturated carbocycles. The van der Waals surface area contributed by atoms with E-state index < -0.39 is 0 Å². The summed E-state index contributed by atoms with van der Waals surface area (Å²) < 4.78 is 0. The van der Waals surface area contributed by atoms with E-state index in [2.05, 4.69) is 34.9 Å². The van der Waals surface area contributed by atoms with Crippen LogP contribution in [0.25, 0.3) is 0 Å². The average Bonchev–Trinajstić information content (AvgIpc) is 2.87. The molecule has 3 rings (SSSR count). The fourth-order valence-electron chi connectivity index (χ4n) is 2.92. The van der Waals surface area contributed by atoms with Gasteiger partial charge in [-0.2, -0.15) is 0 Å². The van der Waals surface area contributed by atoms with E-state index in [1.807, 2.05) is 19.2 Å². The molecule has 1 fully saturated rings. The highest BCUT2D eigenvalue weighted by atomic mass is 32.2. The minimum absolute atomic E-state index is 0.711. The molecule has 1 unspecified atom stereocenters. The maximum atomic E-state index is 4.79. The van der Waals surface area contributed by atoms with Crippen LogP contribution in [0.2, 0.25) is 0 Å². The van der Waals surface area contributed by atoms with E-state index in [9.17, 15) is 0 Å². The van der Waals surface area contributed by atoms with Crippen molar-refractivity contribution >= 4 is 23.3 Å². The van der Waals surface area contributed by atoms with Crippen molar-refractivity contribution in [1.82, 2.24) is 4.90 Å². The van der Waals surface area contributed by atoms with Gasteiger partial charge in [0.05, 0.1) is 12.3 Å². The van der Waals surface area contributed by atoms with E-state index in [4.69, 9.17) is 4.99 Å². The van der Waals surface area contributed by atoms with Gasteiger partial charge in [-0.1, -0.05) is 37.8 Å². The molecule has 0 aromatic rings. The average molecular weight is 299 g/mol. The number of allylic oxidation sites excluding steroid dienone is 3. The number of fused-ring (bicyclic) bond motifs is 1. The van der Waals surface area contributed by atoms with Gasteiger partial charge in [0.15, 0.2) is 0 Å². The number of hydrogen-bond acceptors (Lipinski definition) is 4. The van der Waals surface area contributed by atoms with Gasteiger partial charge in [-0.25, -0.2) is 0 Å². The lowest BCUT2D eigenvalue weighted by molar-refractivity contribution is 0.487. The van der Waals surface area contributed by atoms with Crippen LogP contribution in [-0.4, -0.2) is 29.5 Å². The molecule has 0 bridgehead atoms. The highest BCUT2D eigenvalue weighted by molar-refractivity contribution is 8.06. The molecule has 3 heterocycles. The topological polar surface area (TPSA) is 28.0 Å². The van der Waals surface area contributed by atoms with Crippen LogP contribution in [0.5, 0.6) is 0 Å². The highest BCUT2D eigenvalue weighted by Crippen LogP contribution is 2.37. The Balaban J connectivity index is 1.87. The minimum atomic E-state index is 0.711. The molecular formula is C17H21N3S. The fourth-order valence-corrected chi connectivity index (χ4v) is 3.50. The van der Waals surface area contributed by atoms with Crippen molar-refractivity contribution < 1.29 is 0 Å². The molecule has 1 saturated heterocycles. The van der Waals surface area contributed by atoms with E-state index in [0.717, 1.165) is 36.0 Å². The van der Waals surface area contributed by atoms with Gasteiger partial charge < -0.3 is 4.90 Å². The third-order valence-corrected chi connectivity index (χ3v) is 5.04. The Labute approximate surface area is 130 Å². The number of thioether (sulfide) groups is 1. The number of nitrogens with zero attached hydrogens (tertiary/aromatic N) is 3. The summed E-state index contributed by atoms with van der Waals surface area (Å²) in [6.07, 6.45) is 8.33. The Morgan fingerprint density at radius 1 is 1.57 bits per heavy atom.